The maximum absolute atomic E-state index is 11.2. The van der Waals surface area contributed by atoms with Crippen LogP contribution in [0.2, 0.25) is 0 Å². The molecule has 1 aromatic rings. The summed E-state index contributed by atoms with van der Waals surface area (Å²) in [5.74, 6) is 0.0849. The van der Waals surface area contributed by atoms with Crippen LogP contribution in [0.5, 0.6) is 23.0 Å². The molecule has 0 saturated carbocycles. The van der Waals surface area contributed by atoms with Gasteiger partial charge in [-0.25, -0.2) is 0 Å². The van der Waals surface area contributed by atoms with Crippen LogP contribution in [0, 0.1) is 0 Å². The quantitative estimate of drug-likeness (QED) is 0.750. The monoisotopic (exact) mass is 247 g/mol. The lowest BCUT2D eigenvalue weighted by Crippen LogP contribution is -2.22. The van der Waals surface area contributed by atoms with E-state index in [-0.39, 0.29) is 28.7 Å². The molecule has 1 heterocycles. The third-order valence-electron chi connectivity index (χ3n) is 1.97. The van der Waals surface area contributed by atoms with Gasteiger partial charge in [0.1, 0.15) is 0 Å². The summed E-state index contributed by atoms with van der Waals surface area (Å²) in [5.41, 5.74) is 5.82. The molecule has 0 amide bonds. The Kier molecular flexibility index (Phi) is 2.23. The average molecular weight is 247 g/mol. The van der Waals surface area contributed by atoms with E-state index < -0.39 is 10.4 Å². The molecule has 1 aliphatic heterocycles. The number of hydrogen-bond donors (Lipinski definition) is 1. The Morgan fingerprint density at radius 3 is 2.38 bits per heavy atom. The highest BCUT2D eigenvalue weighted by molar-refractivity contribution is 7.82. The largest absolute Gasteiger partial charge is 0.501 e. The molecular weight excluding hydrogens is 238 g/mol. The van der Waals surface area contributed by atoms with Crippen molar-refractivity contribution in [3.8, 4) is 23.0 Å². The molecular formula is C8H9NO6S. The van der Waals surface area contributed by atoms with Crippen molar-refractivity contribution in [1.29, 1.82) is 0 Å². The zero-order valence-electron chi connectivity index (χ0n) is 8.51. The minimum atomic E-state index is -4.13. The van der Waals surface area contributed by atoms with Crippen molar-refractivity contribution in [2.45, 2.75) is 0 Å². The van der Waals surface area contributed by atoms with E-state index in [9.17, 15) is 8.42 Å². The van der Waals surface area contributed by atoms with Crippen LogP contribution in [0.4, 0.5) is 5.69 Å². The molecule has 1 aliphatic rings. The number of fused-ring (bicyclic) bond motifs is 2. The fourth-order valence-corrected chi connectivity index (χ4v) is 2.12. The van der Waals surface area contributed by atoms with Crippen molar-refractivity contribution in [2.24, 2.45) is 0 Å². The van der Waals surface area contributed by atoms with Gasteiger partial charge in [-0.05, 0) is 0 Å². The number of hydrogen-bond acceptors (Lipinski definition) is 7. The topological polar surface area (TPSA) is 97.1 Å². The number of benzene rings is 1. The van der Waals surface area contributed by atoms with E-state index in [2.05, 4.69) is 8.37 Å². The summed E-state index contributed by atoms with van der Waals surface area (Å²) in [6.07, 6.45) is 0. The van der Waals surface area contributed by atoms with Crippen molar-refractivity contribution in [2.75, 3.05) is 20.0 Å². The van der Waals surface area contributed by atoms with Crippen LogP contribution in [0.1, 0.15) is 0 Å². The number of rotatable bonds is 2. The summed E-state index contributed by atoms with van der Waals surface area (Å²) in [7, 11) is -1.44. The van der Waals surface area contributed by atoms with Gasteiger partial charge in [0.05, 0.1) is 19.9 Å². The third-order valence-corrected chi connectivity index (χ3v) is 2.72. The van der Waals surface area contributed by atoms with Gasteiger partial charge >= 0.3 is 10.4 Å². The molecule has 0 saturated heterocycles. The minimum absolute atomic E-state index is 0.0259. The summed E-state index contributed by atoms with van der Waals surface area (Å²) in [6.45, 7) is 0. The highest BCUT2D eigenvalue weighted by Crippen LogP contribution is 2.51. The lowest BCUT2D eigenvalue weighted by atomic mass is 10.2. The Labute approximate surface area is 92.0 Å². The molecule has 2 rings (SSSR count). The zero-order valence-corrected chi connectivity index (χ0v) is 9.33. The molecule has 8 heteroatoms. The Morgan fingerprint density at radius 2 is 1.81 bits per heavy atom. The summed E-state index contributed by atoms with van der Waals surface area (Å²) in [6, 6.07) is 1.29. The van der Waals surface area contributed by atoms with E-state index in [1.165, 1.54) is 20.3 Å². The van der Waals surface area contributed by atoms with Gasteiger partial charge in [-0.2, -0.15) is 0 Å². The lowest BCUT2D eigenvalue weighted by Gasteiger charge is -2.21. The standard InChI is InChI=1S/C8H9NO6S/c1-12-6-4(9)3-5-7(13-2)8(6)15-16(10,11)14-5/h3H,9H2,1-2H3. The van der Waals surface area contributed by atoms with Gasteiger partial charge in [-0.1, -0.05) is 0 Å². The first-order valence-electron chi connectivity index (χ1n) is 4.17. The van der Waals surface area contributed by atoms with Gasteiger partial charge in [0.25, 0.3) is 0 Å². The number of nitrogens with two attached hydrogens (primary N) is 1. The van der Waals surface area contributed by atoms with Gasteiger partial charge in [-0.3, -0.25) is 0 Å². The second-order valence-corrected chi connectivity index (χ2v) is 4.08. The van der Waals surface area contributed by atoms with Crippen LogP contribution in [-0.2, 0) is 10.4 Å². The second-order valence-electron chi connectivity index (χ2n) is 2.93. The summed E-state index contributed by atoms with van der Waals surface area (Å²) in [4.78, 5) is 0. The van der Waals surface area contributed by atoms with E-state index in [1.54, 1.807) is 0 Å². The number of nitrogen functional groups attached to an aromatic ring is 1. The van der Waals surface area contributed by atoms with Crippen LogP contribution in [0.15, 0.2) is 6.07 Å². The molecule has 1 aromatic carbocycles. The molecule has 2 bridgehead atoms. The molecule has 0 atom stereocenters. The van der Waals surface area contributed by atoms with Gasteiger partial charge in [0, 0.05) is 6.07 Å². The first kappa shape index (κ1) is 10.7. The van der Waals surface area contributed by atoms with E-state index in [0.29, 0.717) is 0 Å². The lowest BCUT2D eigenvalue weighted by molar-refractivity contribution is 0.309. The molecule has 2 N–H and O–H groups in total. The normalized spacial score (nSPS) is 15.9. The van der Waals surface area contributed by atoms with Crippen LogP contribution in [0.3, 0.4) is 0 Å². The Bertz CT molecular complexity index is 529. The van der Waals surface area contributed by atoms with Crippen molar-refractivity contribution in [3.05, 3.63) is 6.07 Å². The minimum Gasteiger partial charge on any atom is -0.491 e. The smallest absolute Gasteiger partial charge is 0.491 e. The number of ether oxygens (including phenoxy) is 2. The fourth-order valence-electron chi connectivity index (χ4n) is 1.39. The van der Waals surface area contributed by atoms with Crippen molar-refractivity contribution < 1.29 is 26.3 Å². The molecule has 16 heavy (non-hydrogen) atoms. The van der Waals surface area contributed by atoms with Gasteiger partial charge in [-0.15, -0.1) is 8.42 Å². The molecule has 0 unspecified atom stereocenters. The summed E-state index contributed by atoms with van der Waals surface area (Å²) in [5, 5.41) is 0. The Hall–Kier alpha value is -1.83. The SMILES string of the molecule is COc1c(N)cc2c(OC)c1OS(=O)(=O)O2. The van der Waals surface area contributed by atoms with Crippen LogP contribution >= 0.6 is 0 Å². The van der Waals surface area contributed by atoms with E-state index in [1.807, 2.05) is 0 Å². The first-order chi connectivity index (χ1) is 7.48. The molecule has 88 valence electrons. The van der Waals surface area contributed by atoms with Crippen molar-refractivity contribution >= 4 is 16.1 Å². The Balaban J connectivity index is 2.73. The molecule has 0 fully saturated rings. The van der Waals surface area contributed by atoms with E-state index in [4.69, 9.17) is 15.2 Å². The van der Waals surface area contributed by atoms with Crippen molar-refractivity contribution in [1.82, 2.24) is 0 Å². The maximum atomic E-state index is 11.2. The maximum Gasteiger partial charge on any atom is 0.501 e. The van der Waals surface area contributed by atoms with Crippen molar-refractivity contribution in [3.63, 3.8) is 0 Å². The highest BCUT2D eigenvalue weighted by atomic mass is 32.3. The second kappa shape index (κ2) is 3.34. The third kappa shape index (κ3) is 1.47. The molecule has 0 radical (unpaired) electrons. The van der Waals surface area contributed by atoms with E-state index >= 15 is 0 Å². The zero-order chi connectivity index (χ0) is 11.9. The predicted molar refractivity (Wildman–Crippen MR) is 54.1 cm³/mol. The van der Waals surface area contributed by atoms with Crippen LogP contribution in [0.25, 0.3) is 0 Å². The number of anilines is 1. The summed E-state index contributed by atoms with van der Waals surface area (Å²) >= 11 is 0. The van der Waals surface area contributed by atoms with Gasteiger partial charge in [0.15, 0.2) is 11.5 Å². The molecule has 0 aromatic heterocycles. The highest BCUT2D eigenvalue weighted by Gasteiger charge is 2.34. The fraction of sp³-hybridized carbons (Fsp3) is 0.250. The average Bonchev–Trinajstić information content (AvgIpc) is 2.15. The molecule has 0 aliphatic carbocycles. The van der Waals surface area contributed by atoms with Crippen LogP contribution in [-0.4, -0.2) is 22.6 Å². The van der Waals surface area contributed by atoms with Gasteiger partial charge in [0.2, 0.25) is 11.5 Å². The molecule has 7 nitrogen and oxygen atoms in total. The summed E-state index contributed by atoms with van der Waals surface area (Å²) < 4.78 is 41.5. The number of methoxy groups -OCH3 is 2. The van der Waals surface area contributed by atoms with Gasteiger partial charge < -0.3 is 23.6 Å². The predicted octanol–water partition coefficient (Wildman–Crippen LogP) is 0.302. The Morgan fingerprint density at radius 1 is 1.19 bits per heavy atom. The van der Waals surface area contributed by atoms with Crippen LogP contribution < -0.4 is 23.6 Å². The first-order valence-corrected chi connectivity index (χ1v) is 5.50. The van der Waals surface area contributed by atoms with E-state index in [0.717, 1.165) is 0 Å². The molecule has 0 spiro atoms.